The van der Waals surface area contributed by atoms with E-state index in [4.69, 9.17) is 0 Å². The Kier molecular flexibility index (Phi) is 2.26. The van der Waals surface area contributed by atoms with E-state index in [-0.39, 0.29) is 10.8 Å². The quantitative estimate of drug-likeness (QED) is 0.678. The van der Waals surface area contributed by atoms with Gasteiger partial charge in [-0.25, -0.2) is 0 Å². The van der Waals surface area contributed by atoms with Crippen LogP contribution in [0.5, 0.6) is 0 Å². The summed E-state index contributed by atoms with van der Waals surface area (Å²) < 4.78 is 37.6. The predicted octanol–water partition coefficient (Wildman–Crippen LogP) is 3.28. The second-order valence-electron chi connectivity index (χ2n) is 2.99. The number of hydrogen-bond donors (Lipinski definition) is 0. The van der Waals surface area contributed by atoms with Gasteiger partial charge in [0.2, 0.25) is 0 Å². The van der Waals surface area contributed by atoms with Gasteiger partial charge in [-0.1, -0.05) is 0 Å². The fraction of sp³-hybridized carbons (Fsp3) is 0.100. The number of hydrogen-bond acceptors (Lipinski definition) is 2. The smallest absolute Gasteiger partial charge is 0.289 e. The molecule has 5 heteroatoms. The molecule has 2 rings (SSSR count). The van der Waals surface area contributed by atoms with Gasteiger partial charge in [0.15, 0.2) is 5.43 Å². The van der Waals surface area contributed by atoms with Gasteiger partial charge in [-0.15, -0.1) is 11.3 Å². The Balaban J connectivity index is 2.76. The highest BCUT2D eigenvalue weighted by atomic mass is 32.1. The van der Waals surface area contributed by atoms with Crippen molar-refractivity contribution in [2.24, 2.45) is 0 Å². The molecular weight excluding hydrogens is 225 g/mol. The fourth-order valence-electron chi connectivity index (χ4n) is 1.26. The Bertz CT molecular complexity index is 556. The molecule has 2 aromatic rings. The van der Waals surface area contributed by atoms with Crippen molar-refractivity contribution in [3.8, 4) is 0 Å². The Labute approximate surface area is 86.8 Å². The SMILES string of the molecule is O=c1ccsc2ccc(C(F)(F)F)cc12. The van der Waals surface area contributed by atoms with Gasteiger partial charge in [0.25, 0.3) is 0 Å². The fourth-order valence-corrected chi connectivity index (χ4v) is 2.03. The molecule has 0 N–H and O–H groups in total. The van der Waals surface area contributed by atoms with E-state index in [0.29, 0.717) is 4.70 Å². The summed E-state index contributed by atoms with van der Waals surface area (Å²) >= 11 is 1.24. The highest BCUT2D eigenvalue weighted by Gasteiger charge is 2.30. The zero-order valence-electron chi connectivity index (χ0n) is 7.34. The molecule has 1 aromatic heterocycles. The molecule has 15 heavy (non-hydrogen) atoms. The molecule has 0 unspecified atom stereocenters. The summed E-state index contributed by atoms with van der Waals surface area (Å²) in [4.78, 5) is 11.3. The maximum absolute atomic E-state index is 12.3. The molecule has 0 saturated heterocycles. The molecular formula is C10H5F3OS. The molecule has 0 radical (unpaired) electrons. The average molecular weight is 230 g/mol. The lowest BCUT2D eigenvalue weighted by molar-refractivity contribution is -0.137. The van der Waals surface area contributed by atoms with Gasteiger partial charge >= 0.3 is 6.18 Å². The van der Waals surface area contributed by atoms with E-state index in [1.165, 1.54) is 23.5 Å². The van der Waals surface area contributed by atoms with E-state index >= 15 is 0 Å². The van der Waals surface area contributed by atoms with Crippen molar-refractivity contribution in [2.45, 2.75) is 6.18 Å². The van der Waals surface area contributed by atoms with E-state index in [0.717, 1.165) is 12.1 Å². The minimum Gasteiger partial charge on any atom is -0.289 e. The monoisotopic (exact) mass is 230 g/mol. The van der Waals surface area contributed by atoms with Crippen LogP contribution >= 0.6 is 11.3 Å². The molecule has 1 heterocycles. The van der Waals surface area contributed by atoms with Gasteiger partial charge in [0, 0.05) is 10.1 Å². The van der Waals surface area contributed by atoms with Crippen molar-refractivity contribution in [1.82, 2.24) is 0 Å². The molecule has 0 atom stereocenters. The first-order chi connectivity index (χ1) is 6.98. The van der Waals surface area contributed by atoms with Gasteiger partial charge in [-0.05, 0) is 29.6 Å². The standard InChI is InChI=1S/C10H5F3OS/c11-10(12,13)6-1-2-9-7(5-6)8(14)3-4-15-9/h1-5H. The minimum absolute atomic E-state index is 0.123. The number of fused-ring (bicyclic) bond motifs is 1. The van der Waals surface area contributed by atoms with Crippen LogP contribution in [0.25, 0.3) is 10.1 Å². The lowest BCUT2D eigenvalue weighted by Gasteiger charge is -2.06. The van der Waals surface area contributed by atoms with Crippen LogP contribution in [0.4, 0.5) is 13.2 Å². The third kappa shape index (κ3) is 1.87. The third-order valence-electron chi connectivity index (χ3n) is 1.99. The summed E-state index contributed by atoms with van der Waals surface area (Å²) in [7, 11) is 0. The molecule has 0 aliphatic carbocycles. The molecule has 1 nitrogen and oxygen atoms in total. The van der Waals surface area contributed by atoms with Gasteiger partial charge in [-0.3, -0.25) is 4.79 Å². The van der Waals surface area contributed by atoms with Crippen molar-refractivity contribution < 1.29 is 13.2 Å². The molecule has 0 aliphatic heterocycles. The van der Waals surface area contributed by atoms with Crippen LogP contribution in [0.2, 0.25) is 0 Å². The molecule has 0 saturated carbocycles. The first kappa shape index (κ1) is 10.2. The number of rotatable bonds is 0. The first-order valence-corrected chi connectivity index (χ1v) is 4.95. The topological polar surface area (TPSA) is 17.1 Å². The van der Waals surface area contributed by atoms with Crippen molar-refractivity contribution in [1.29, 1.82) is 0 Å². The second-order valence-corrected chi connectivity index (χ2v) is 3.94. The van der Waals surface area contributed by atoms with Gasteiger partial charge in [0.05, 0.1) is 5.56 Å². The lowest BCUT2D eigenvalue weighted by atomic mass is 10.1. The van der Waals surface area contributed by atoms with Gasteiger partial charge < -0.3 is 0 Å². The van der Waals surface area contributed by atoms with Crippen LogP contribution in [-0.4, -0.2) is 0 Å². The van der Waals surface area contributed by atoms with Gasteiger partial charge in [0.1, 0.15) is 0 Å². The molecule has 0 fully saturated rings. The molecule has 0 aliphatic rings. The maximum atomic E-state index is 12.3. The van der Waals surface area contributed by atoms with Crippen LogP contribution in [0.15, 0.2) is 34.4 Å². The first-order valence-electron chi connectivity index (χ1n) is 4.07. The number of benzene rings is 1. The normalized spacial score (nSPS) is 11.9. The van der Waals surface area contributed by atoms with E-state index < -0.39 is 11.7 Å². The third-order valence-corrected chi connectivity index (χ3v) is 2.87. The highest BCUT2D eigenvalue weighted by Crippen LogP contribution is 2.31. The Morgan fingerprint density at radius 2 is 1.87 bits per heavy atom. The Morgan fingerprint density at radius 3 is 2.53 bits per heavy atom. The van der Waals surface area contributed by atoms with Gasteiger partial charge in [-0.2, -0.15) is 13.2 Å². The van der Waals surface area contributed by atoms with E-state index in [2.05, 4.69) is 0 Å². The van der Waals surface area contributed by atoms with Crippen molar-refractivity contribution in [3.63, 3.8) is 0 Å². The summed E-state index contributed by atoms with van der Waals surface area (Å²) in [5.41, 5.74) is -1.17. The number of halogens is 3. The molecule has 0 spiro atoms. The van der Waals surface area contributed by atoms with Crippen LogP contribution < -0.4 is 5.43 Å². The van der Waals surface area contributed by atoms with Crippen LogP contribution in [-0.2, 0) is 6.18 Å². The van der Waals surface area contributed by atoms with Crippen LogP contribution in [0.3, 0.4) is 0 Å². The Hall–Kier alpha value is -1.36. The molecule has 0 amide bonds. The zero-order chi connectivity index (χ0) is 11.1. The molecule has 1 aromatic carbocycles. The summed E-state index contributed by atoms with van der Waals surface area (Å²) in [5.74, 6) is 0. The maximum Gasteiger partial charge on any atom is 0.416 e. The van der Waals surface area contributed by atoms with Crippen molar-refractivity contribution >= 4 is 21.4 Å². The zero-order valence-corrected chi connectivity index (χ0v) is 8.15. The summed E-state index contributed by atoms with van der Waals surface area (Å²) in [6.45, 7) is 0. The lowest BCUT2D eigenvalue weighted by Crippen LogP contribution is -2.06. The van der Waals surface area contributed by atoms with E-state index in [1.807, 2.05) is 0 Å². The largest absolute Gasteiger partial charge is 0.416 e. The summed E-state index contributed by atoms with van der Waals surface area (Å²) in [5, 5.41) is 1.69. The second kappa shape index (κ2) is 3.34. The van der Waals surface area contributed by atoms with Crippen LogP contribution in [0, 0.1) is 0 Å². The summed E-state index contributed by atoms with van der Waals surface area (Å²) in [6, 6.07) is 4.48. The number of alkyl halides is 3. The molecule has 78 valence electrons. The van der Waals surface area contributed by atoms with Crippen LogP contribution in [0.1, 0.15) is 5.56 Å². The Morgan fingerprint density at radius 1 is 1.13 bits per heavy atom. The highest BCUT2D eigenvalue weighted by molar-refractivity contribution is 7.16. The average Bonchev–Trinajstić information content (AvgIpc) is 2.16. The minimum atomic E-state index is -4.40. The van der Waals surface area contributed by atoms with Crippen molar-refractivity contribution in [3.05, 3.63) is 45.4 Å². The van der Waals surface area contributed by atoms with E-state index in [9.17, 15) is 18.0 Å². The van der Waals surface area contributed by atoms with Crippen molar-refractivity contribution in [2.75, 3.05) is 0 Å². The van der Waals surface area contributed by atoms with E-state index in [1.54, 1.807) is 5.38 Å². The summed E-state index contributed by atoms with van der Waals surface area (Å²) in [6.07, 6.45) is -4.40. The predicted molar refractivity (Wildman–Crippen MR) is 53.1 cm³/mol. The molecule has 0 bridgehead atoms.